The number of amides is 1. The lowest BCUT2D eigenvalue weighted by Gasteiger charge is -2.27. The lowest BCUT2D eigenvalue weighted by atomic mass is 10.1. The van der Waals surface area contributed by atoms with Gasteiger partial charge in [0.05, 0.1) is 17.9 Å². The number of piperazine rings is 1. The monoisotopic (exact) mass is 223 g/mol. The maximum Gasteiger partial charge on any atom is 0.242 e. The van der Waals surface area contributed by atoms with Gasteiger partial charge in [0, 0.05) is 32.4 Å². The van der Waals surface area contributed by atoms with Gasteiger partial charge in [0.1, 0.15) is 0 Å². The lowest BCUT2D eigenvalue weighted by Crippen LogP contribution is -2.57. The van der Waals surface area contributed by atoms with Crippen molar-refractivity contribution in [3.63, 3.8) is 0 Å². The quantitative estimate of drug-likeness (QED) is 0.620. The zero-order chi connectivity index (χ0) is 11.5. The van der Waals surface area contributed by atoms with E-state index < -0.39 is 0 Å². The van der Waals surface area contributed by atoms with Crippen molar-refractivity contribution in [2.24, 2.45) is 7.05 Å². The van der Waals surface area contributed by atoms with Gasteiger partial charge in [0.15, 0.2) is 0 Å². The Morgan fingerprint density at radius 1 is 1.56 bits per heavy atom. The van der Waals surface area contributed by atoms with Gasteiger partial charge in [-0.25, -0.2) is 0 Å². The number of carbonyl (C=O) groups excluding carboxylic acids is 1. The average Bonchev–Trinajstić information content (AvgIpc) is 2.65. The molecule has 1 fully saturated rings. The highest BCUT2D eigenvalue weighted by atomic mass is 16.2. The summed E-state index contributed by atoms with van der Waals surface area (Å²) in [6.07, 6.45) is 3.41. The Hall–Kier alpha value is -1.40. The third-order valence-electron chi connectivity index (χ3n) is 2.63. The smallest absolute Gasteiger partial charge is 0.242 e. The number of hydrogen-bond donors (Lipinski definition) is 3. The third kappa shape index (κ3) is 2.59. The summed E-state index contributed by atoms with van der Waals surface area (Å²) in [5.41, 5.74) is 0.730. The molecule has 2 unspecified atom stereocenters. The van der Waals surface area contributed by atoms with Gasteiger partial charge in [-0.3, -0.25) is 9.48 Å². The number of rotatable bonds is 2. The fourth-order valence-electron chi connectivity index (χ4n) is 1.68. The summed E-state index contributed by atoms with van der Waals surface area (Å²) in [7, 11) is 1.82. The highest BCUT2D eigenvalue weighted by Gasteiger charge is 2.23. The molecule has 1 aromatic heterocycles. The van der Waals surface area contributed by atoms with Gasteiger partial charge in [-0.2, -0.15) is 5.10 Å². The minimum Gasteiger partial charge on any atom is -0.322 e. The Morgan fingerprint density at radius 3 is 2.94 bits per heavy atom. The van der Waals surface area contributed by atoms with Crippen molar-refractivity contribution in [3.05, 3.63) is 12.4 Å². The summed E-state index contributed by atoms with van der Waals surface area (Å²) in [4.78, 5) is 11.8. The van der Waals surface area contributed by atoms with Crippen LogP contribution in [0.5, 0.6) is 0 Å². The second-order valence-electron chi connectivity index (χ2n) is 4.16. The highest BCUT2D eigenvalue weighted by Crippen LogP contribution is 2.04. The first-order valence-corrected chi connectivity index (χ1v) is 5.41. The first-order valence-electron chi connectivity index (χ1n) is 5.41. The number of aromatic nitrogens is 2. The van der Waals surface area contributed by atoms with E-state index in [0.29, 0.717) is 12.6 Å². The van der Waals surface area contributed by atoms with Crippen LogP contribution >= 0.6 is 0 Å². The molecule has 16 heavy (non-hydrogen) atoms. The van der Waals surface area contributed by atoms with Crippen LogP contribution in [0.4, 0.5) is 5.69 Å². The fraction of sp³-hybridized carbons (Fsp3) is 0.600. The molecule has 0 radical (unpaired) electrons. The minimum atomic E-state index is -0.170. The molecule has 1 aliphatic rings. The molecule has 1 aromatic rings. The molecule has 2 heterocycles. The van der Waals surface area contributed by atoms with E-state index in [1.165, 1.54) is 0 Å². The van der Waals surface area contributed by atoms with Crippen LogP contribution in [-0.2, 0) is 11.8 Å². The van der Waals surface area contributed by atoms with Gasteiger partial charge in [-0.1, -0.05) is 0 Å². The van der Waals surface area contributed by atoms with Crippen LogP contribution in [0.25, 0.3) is 0 Å². The Morgan fingerprint density at radius 2 is 2.38 bits per heavy atom. The van der Waals surface area contributed by atoms with E-state index in [0.717, 1.165) is 12.2 Å². The molecule has 0 saturated carbocycles. The zero-order valence-electron chi connectivity index (χ0n) is 9.53. The van der Waals surface area contributed by atoms with E-state index in [-0.39, 0.29) is 11.9 Å². The highest BCUT2D eigenvalue weighted by molar-refractivity contribution is 5.94. The number of carbonyl (C=O) groups is 1. The van der Waals surface area contributed by atoms with Crippen molar-refractivity contribution in [3.8, 4) is 0 Å². The van der Waals surface area contributed by atoms with Crippen molar-refractivity contribution in [1.82, 2.24) is 20.4 Å². The van der Waals surface area contributed by atoms with Gasteiger partial charge < -0.3 is 16.0 Å². The Balaban J connectivity index is 1.88. The molecule has 1 saturated heterocycles. The largest absolute Gasteiger partial charge is 0.322 e. The van der Waals surface area contributed by atoms with E-state index in [1.54, 1.807) is 17.1 Å². The zero-order valence-corrected chi connectivity index (χ0v) is 9.53. The minimum absolute atomic E-state index is 0.0209. The molecule has 1 aliphatic heterocycles. The molecule has 2 atom stereocenters. The van der Waals surface area contributed by atoms with E-state index in [1.807, 2.05) is 7.05 Å². The molecule has 0 bridgehead atoms. The fourth-order valence-corrected chi connectivity index (χ4v) is 1.68. The lowest BCUT2D eigenvalue weighted by molar-refractivity contribution is -0.118. The van der Waals surface area contributed by atoms with Crippen molar-refractivity contribution < 1.29 is 4.79 Å². The molecule has 1 amide bonds. The summed E-state index contributed by atoms with van der Waals surface area (Å²) in [6, 6.07) is 0.249. The van der Waals surface area contributed by atoms with Crippen LogP contribution in [0.15, 0.2) is 12.4 Å². The van der Waals surface area contributed by atoms with E-state index >= 15 is 0 Å². The first kappa shape index (κ1) is 11.1. The average molecular weight is 223 g/mol. The van der Waals surface area contributed by atoms with E-state index in [9.17, 15) is 4.79 Å². The summed E-state index contributed by atoms with van der Waals surface area (Å²) in [5.74, 6) is -0.0209. The van der Waals surface area contributed by atoms with Crippen LogP contribution in [0.2, 0.25) is 0 Å². The second-order valence-corrected chi connectivity index (χ2v) is 4.16. The van der Waals surface area contributed by atoms with Crippen molar-refractivity contribution in [2.45, 2.75) is 19.0 Å². The number of aryl methyl sites for hydroxylation is 1. The first-order chi connectivity index (χ1) is 7.65. The molecule has 0 spiro atoms. The molecular formula is C10H17N5O. The molecule has 2 rings (SSSR count). The predicted molar refractivity (Wildman–Crippen MR) is 61.1 cm³/mol. The van der Waals surface area contributed by atoms with Gasteiger partial charge in [0.25, 0.3) is 0 Å². The summed E-state index contributed by atoms with van der Waals surface area (Å²) in [5, 5.41) is 13.3. The van der Waals surface area contributed by atoms with Crippen LogP contribution in [0, 0.1) is 0 Å². The van der Waals surface area contributed by atoms with Gasteiger partial charge >= 0.3 is 0 Å². The van der Waals surface area contributed by atoms with E-state index in [2.05, 4.69) is 28.0 Å². The second kappa shape index (κ2) is 4.63. The number of hydrogen-bond acceptors (Lipinski definition) is 4. The molecule has 0 aliphatic carbocycles. The number of nitrogens with zero attached hydrogens (tertiary/aromatic N) is 2. The topological polar surface area (TPSA) is 71.0 Å². The molecule has 6 nitrogen and oxygen atoms in total. The van der Waals surface area contributed by atoms with Crippen LogP contribution in [0.1, 0.15) is 6.92 Å². The predicted octanol–water partition coefficient (Wildman–Crippen LogP) is -0.691. The van der Waals surface area contributed by atoms with Gasteiger partial charge in [-0.15, -0.1) is 0 Å². The van der Waals surface area contributed by atoms with Crippen molar-refractivity contribution in [2.75, 3.05) is 18.4 Å². The van der Waals surface area contributed by atoms with Crippen LogP contribution in [-0.4, -0.2) is 40.9 Å². The molecule has 88 valence electrons. The van der Waals surface area contributed by atoms with Gasteiger partial charge in [0.2, 0.25) is 5.91 Å². The number of nitrogens with one attached hydrogen (secondary N) is 3. The summed E-state index contributed by atoms with van der Waals surface area (Å²) >= 11 is 0. The SMILES string of the molecule is CC1CNC(C(=O)Nc2cnn(C)c2)CN1. The Kier molecular flexibility index (Phi) is 3.21. The van der Waals surface area contributed by atoms with Gasteiger partial charge in [-0.05, 0) is 6.92 Å². The van der Waals surface area contributed by atoms with Crippen molar-refractivity contribution >= 4 is 11.6 Å². The Labute approximate surface area is 94.4 Å². The van der Waals surface area contributed by atoms with Crippen molar-refractivity contribution in [1.29, 1.82) is 0 Å². The number of anilines is 1. The normalized spacial score (nSPS) is 25.4. The van der Waals surface area contributed by atoms with Crippen LogP contribution in [0.3, 0.4) is 0 Å². The van der Waals surface area contributed by atoms with Crippen LogP contribution < -0.4 is 16.0 Å². The standard InChI is InChI=1S/C10H17N5O/c1-7-3-12-9(5-11-7)10(16)14-8-4-13-15(2)6-8/h4,6-7,9,11-12H,3,5H2,1-2H3,(H,14,16). The molecule has 6 heteroatoms. The summed E-state index contributed by atoms with van der Waals surface area (Å²) in [6.45, 7) is 3.56. The Bertz CT molecular complexity index is 367. The van der Waals surface area contributed by atoms with E-state index in [4.69, 9.17) is 0 Å². The molecule has 3 N–H and O–H groups in total. The maximum absolute atomic E-state index is 11.8. The maximum atomic E-state index is 11.8. The summed E-state index contributed by atoms with van der Waals surface area (Å²) < 4.78 is 1.66. The third-order valence-corrected chi connectivity index (χ3v) is 2.63. The molecule has 0 aromatic carbocycles. The molecular weight excluding hydrogens is 206 g/mol.